The number of hydrogen-bond donors (Lipinski definition) is 0. The lowest BCUT2D eigenvalue weighted by Gasteiger charge is -2.24. The molecule has 46 heavy (non-hydrogen) atoms. The molecule has 0 radical (unpaired) electrons. The highest BCUT2D eigenvalue weighted by Crippen LogP contribution is 2.37. The number of carbonyl (C=O) groups excluding carboxylic acids is 2. The van der Waals surface area contributed by atoms with E-state index in [4.69, 9.17) is 15.0 Å². The van der Waals surface area contributed by atoms with Gasteiger partial charge < -0.3 is 0 Å². The van der Waals surface area contributed by atoms with E-state index in [0.29, 0.717) is 36.1 Å². The van der Waals surface area contributed by atoms with Crippen molar-refractivity contribution < 1.29 is 9.59 Å². The molecule has 2 amide bonds. The summed E-state index contributed by atoms with van der Waals surface area (Å²) in [5.41, 5.74) is 2.41. The molecule has 0 saturated heterocycles. The molecule has 0 aliphatic carbocycles. The maximum atomic E-state index is 14.2. The van der Waals surface area contributed by atoms with Crippen molar-refractivity contribution in [1.29, 1.82) is 0 Å². The maximum absolute atomic E-state index is 14.2. The van der Waals surface area contributed by atoms with Gasteiger partial charge in [-0.2, -0.15) is 0 Å². The topological polar surface area (TPSA) is 78.2 Å². The highest BCUT2D eigenvalue weighted by molar-refractivity contribution is 6.17. The minimum absolute atomic E-state index is 0.125. The summed E-state index contributed by atoms with van der Waals surface area (Å²) in [7, 11) is 0. The third-order valence-electron chi connectivity index (χ3n) is 8.74. The third kappa shape index (κ3) is 5.09. The first-order valence-electron chi connectivity index (χ1n) is 15.4. The molecule has 2 aliphatic heterocycles. The Morgan fingerprint density at radius 2 is 0.826 bits per heavy atom. The van der Waals surface area contributed by atoms with Gasteiger partial charge in [0.15, 0.2) is 22.7 Å². The van der Waals surface area contributed by atoms with E-state index in [-0.39, 0.29) is 11.8 Å². The predicted molar refractivity (Wildman–Crippen MR) is 179 cm³/mol. The second kappa shape index (κ2) is 11.7. The van der Waals surface area contributed by atoms with Crippen molar-refractivity contribution in [2.75, 3.05) is 0 Å². The van der Waals surface area contributed by atoms with E-state index in [1.807, 2.05) is 153 Å². The lowest BCUT2D eigenvalue weighted by Crippen LogP contribution is -2.40. The van der Waals surface area contributed by atoms with E-state index < -0.39 is 11.1 Å². The molecule has 7 rings (SSSR count). The number of pyridine rings is 1. The third-order valence-corrected chi connectivity index (χ3v) is 8.74. The van der Waals surface area contributed by atoms with Crippen molar-refractivity contribution in [1.82, 2.24) is 14.8 Å². The van der Waals surface area contributed by atoms with Gasteiger partial charge in [0.2, 0.25) is 0 Å². The van der Waals surface area contributed by atoms with E-state index in [1.54, 1.807) is 9.80 Å². The molecule has 2 aliphatic rings. The smallest absolute Gasteiger partial charge is 0.260 e. The maximum Gasteiger partial charge on any atom is 0.260 e. The molecule has 5 aromatic rings. The fraction of sp³-hybridized carbons (Fsp3) is 0.154. The van der Waals surface area contributed by atoms with Crippen LogP contribution in [0.5, 0.6) is 0 Å². The molecular weight excluding hydrogens is 570 g/mol. The second-order valence-electron chi connectivity index (χ2n) is 11.9. The lowest BCUT2D eigenvalue weighted by molar-refractivity contribution is -0.132. The predicted octanol–water partition coefficient (Wildman–Crippen LogP) is 6.49. The fourth-order valence-electron chi connectivity index (χ4n) is 6.16. The number of benzene rings is 4. The number of carbonyl (C=O) groups is 2. The molecule has 7 heteroatoms. The summed E-state index contributed by atoms with van der Waals surface area (Å²) >= 11 is 0. The average molecular weight is 604 g/mol. The van der Waals surface area contributed by atoms with Gasteiger partial charge in [-0.25, -0.2) is 15.0 Å². The van der Waals surface area contributed by atoms with Gasteiger partial charge in [0, 0.05) is 0 Å². The van der Waals surface area contributed by atoms with Crippen LogP contribution in [0.3, 0.4) is 0 Å². The van der Waals surface area contributed by atoms with Gasteiger partial charge in [0.1, 0.15) is 11.4 Å². The van der Waals surface area contributed by atoms with E-state index in [1.165, 1.54) is 0 Å². The van der Waals surface area contributed by atoms with Crippen molar-refractivity contribution in [3.63, 3.8) is 0 Å². The van der Waals surface area contributed by atoms with Crippen LogP contribution in [0.1, 0.15) is 47.5 Å². The molecule has 1 aromatic heterocycles. The van der Waals surface area contributed by atoms with Crippen LogP contribution in [-0.4, -0.2) is 38.3 Å². The molecular formula is C39H33N5O2. The van der Waals surface area contributed by atoms with Crippen LogP contribution in [0.25, 0.3) is 0 Å². The molecule has 0 saturated carbocycles. The first kappa shape index (κ1) is 29.0. The number of amides is 2. The van der Waals surface area contributed by atoms with E-state index >= 15 is 0 Å². The van der Waals surface area contributed by atoms with Crippen molar-refractivity contribution >= 4 is 23.5 Å². The fourth-order valence-corrected chi connectivity index (χ4v) is 6.16. The first-order valence-corrected chi connectivity index (χ1v) is 15.4. The molecule has 2 unspecified atom stereocenters. The number of aromatic nitrogens is 1. The quantitative estimate of drug-likeness (QED) is 0.203. The zero-order valence-corrected chi connectivity index (χ0v) is 25.7. The summed E-state index contributed by atoms with van der Waals surface area (Å²) in [4.78, 5) is 47.0. The summed E-state index contributed by atoms with van der Waals surface area (Å²) in [6.07, 6.45) is 0. The summed E-state index contributed by atoms with van der Waals surface area (Å²) in [6, 6.07) is 44.6. The van der Waals surface area contributed by atoms with Crippen LogP contribution in [-0.2, 0) is 33.8 Å². The molecule has 4 aromatic carbocycles. The largest absolute Gasteiger partial charge is 0.288 e. The number of hydrogen-bond acceptors (Lipinski definition) is 5. The Balaban J connectivity index is 1.33. The molecule has 226 valence electrons. The van der Waals surface area contributed by atoms with E-state index in [9.17, 15) is 9.59 Å². The van der Waals surface area contributed by atoms with Crippen LogP contribution < -0.4 is 0 Å². The standard InChI is InChI=1S/C39H33N5O2/c1-38(30-20-11-5-12-21-30)36(45)43(26-28-16-7-3-8-17-28)34(41-38)32-24-15-25-33(40-32)35-42-39(2,31-22-13-6-14-23-31)37(46)44(35)27-29-18-9-4-10-19-29/h3-25H,26-27H2,1-2H3. The van der Waals surface area contributed by atoms with Crippen LogP contribution >= 0.6 is 0 Å². The lowest BCUT2D eigenvalue weighted by atomic mass is 9.92. The van der Waals surface area contributed by atoms with Gasteiger partial charge in [-0.15, -0.1) is 0 Å². The van der Waals surface area contributed by atoms with Crippen molar-refractivity contribution in [2.45, 2.75) is 38.0 Å². The minimum Gasteiger partial charge on any atom is -0.288 e. The zero-order valence-electron chi connectivity index (χ0n) is 25.7. The van der Waals surface area contributed by atoms with Crippen LogP contribution in [0.4, 0.5) is 0 Å². The Morgan fingerprint density at radius 3 is 1.20 bits per heavy atom. The van der Waals surface area contributed by atoms with Gasteiger partial charge in [0.25, 0.3) is 11.8 Å². The molecule has 0 fully saturated rings. The van der Waals surface area contributed by atoms with Gasteiger partial charge in [-0.05, 0) is 48.2 Å². The molecule has 0 spiro atoms. The minimum atomic E-state index is -1.12. The summed E-state index contributed by atoms with van der Waals surface area (Å²) < 4.78 is 0. The summed E-state index contributed by atoms with van der Waals surface area (Å²) in [5.74, 6) is 0.709. The number of aliphatic imine (C=N–C) groups is 2. The molecule has 0 N–H and O–H groups in total. The Morgan fingerprint density at radius 1 is 0.478 bits per heavy atom. The van der Waals surface area contributed by atoms with Crippen molar-refractivity contribution in [2.24, 2.45) is 9.98 Å². The molecule has 2 atom stereocenters. The zero-order chi connectivity index (χ0) is 31.7. The second-order valence-corrected chi connectivity index (χ2v) is 11.9. The van der Waals surface area contributed by atoms with Crippen LogP contribution in [0, 0.1) is 0 Å². The number of nitrogens with zero attached hydrogens (tertiary/aromatic N) is 5. The Hall–Kier alpha value is -5.69. The van der Waals surface area contributed by atoms with Gasteiger partial charge >= 0.3 is 0 Å². The molecule has 3 heterocycles. The summed E-state index contributed by atoms with van der Waals surface area (Å²) in [6.45, 7) is 4.40. The van der Waals surface area contributed by atoms with Gasteiger partial charge in [-0.1, -0.05) is 127 Å². The number of amidine groups is 2. The number of rotatable bonds is 8. The first-order chi connectivity index (χ1) is 22.4. The Labute approximate surface area is 268 Å². The Bertz CT molecular complexity index is 1820. The monoisotopic (exact) mass is 603 g/mol. The highest BCUT2D eigenvalue weighted by Gasteiger charge is 2.48. The van der Waals surface area contributed by atoms with E-state index in [2.05, 4.69) is 0 Å². The molecule has 0 bridgehead atoms. The van der Waals surface area contributed by atoms with Crippen LogP contribution in [0.2, 0.25) is 0 Å². The average Bonchev–Trinajstić information content (AvgIpc) is 3.52. The van der Waals surface area contributed by atoms with Crippen molar-refractivity contribution in [3.8, 4) is 0 Å². The van der Waals surface area contributed by atoms with E-state index in [0.717, 1.165) is 22.3 Å². The SMILES string of the molecule is CC1(c2ccccc2)N=C(c2cccc(C3=NC(C)(c4ccccc4)C(=O)N3Cc3ccccc3)n2)N(Cc2ccccc2)C1=O. The highest BCUT2D eigenvalue weighted by atomic mass is 16.2. The van der Waals surface area contributed by atoms with Crippen molar-refractivity contribution in [3.05, 3.63) is 173 Å². The normalized spacial score (nSPS) is 21.0. The Kier molecular flexibility index (Phi) is 7.37. The van der Waals surface area contributed by atoms with Gasteiger partial charge in [0.05, 0.1) is 13.1 Å². The molecule has 7 nitrogen and oxygen atoms in total. The van der Waals surface area contributed by atoms with Crippen LogP contribution in [0.15, 0.2) is 150 Å². The van der Waals surface area contributed by atoms with Gasteiger partial charge in [-0.3, -0.25) is 19.4 Å². The summed E-state index contributed by atoms with van der Waals surface area (Å²) in [5, 5.41) is 0.